The molecule has 0 bridgehead atoms. The highest BCUT2D eigenvalue weighted by Gasteiger charge is 1.96. The number of hydrogen-bond donors (Lipinski definition) is 2. The maximum absolute atomic E-state index is 5.17. The largest absolute Gasteiger partial charge is 0.271 e. The van der Waals surface area contributed by atoms with Crippen LogP contribution in [0, 0.1) is 0 Å². The third-order valence-electron chi connectivity index (χ3n) is 1.58. The first-order chi connectivity index (χ1) is 5.36. The van der Waals surface area contributed by atoms with Crippen LogP contribution in [-0.2, 0) is 12.8 Å². The molecule has 0 aliphatic rings. The Labute approximate surface area is 71.4 Å². The Balaban J connectivity index is 2.44. The number of thiophene rings is 1. The molecule has 3 heteroatoms. The Bertz CT molecular complexity index is 208. The summed E-state index contributed by atoms with van der Waals surface area (Å²) < 4.78 is 0. The second kappa shape index (κ2) is 4.49. The third kappa shape index (κ3) is 2.61. The smallest absolute Gasteiger partial charge is 0.0146 e. The lowest BCUT2D eigenvalue weighted by atomic mass is 10.3. The number of nitrogens with one attached hydrogen (secondary N) is 1. The van der Waals surface area contributed by atoms with Crippen LogP contribution in [0.4, 0.5) is 0 Å². The van der Waals surface area contributed by atoms with Crippen molar-refractivity contribution in [1.29, 1.82) is 0 Å². The second-order valence-corrected chi connectivity index (χ2v) is 3.68. The Morgan fingerprint density at radius 2 is 2.18 bits per heavy atom. The van der Waals surface area contributed by atoms with E-state index in [2.05, 4.69) is 24.5 Å². The van der Waals surface area contributed by atoms with Gasteiger partial charge < -0.3 is 0 Å². The number of hydrogen-bond acceptors (Lipinski definition) is 3. The monoisotopic (exact) mass is 170 g/mol. The van der Waals surface area contributed by atoms with Gasteiger partial charge in [-0.15, -0.1) is 11.3 Å². The highest BCUT2D eigenvalue weighted by molar-refractivity contribution is 7.11. The minimum Gasteiger partial charge on any atom is -0.271 e. The van der Waals surface area contributed by atoms with Crippen LogP contribution in [0.15, 0.2) is 12.1 Å². The topological polar surface area (TPSA) is 38.0 Å². The predicted octanol–water partition coefficient (Wildman–Crippen LogP) is 1.32. The normalized spacial score (nSPS) is 10.4. The minimum atomic E-state index is 0.865. The van der Waals surface area contributed by atoms with E-state index in [4.69, 9.17) is 5.84 Å². The van der Waals surface area contributed by atoms with E-state index in [9.17, 15) is 0 Å². The summed E-state index contributed by atoms with van der Waals surface area (Å²) in [4.78, 5) is 2.87. The molecule has 0 aliphatic heterocycles. The first-order valence-electron chi connectivity index (χ1n) is 3.88. The van der Waals surface area contributed by atoms with Crippen molar-refractivity contribution in [3.05, 3.63) is 21.9 Å². The Morgan fingerprint density at radius 3 is 2.73 bits per heavy atom. The lowest BCUT2D eigenvalue weighted by molar-refractivity contribution is 0.733. The summed E-state index contributed by atoms with van der Waals surface area (Å²) in [6.07, 6.45) is 2.18. The van der Waals surface area contributed by atoms with Crippen LogP contribution in [0.2, 0.25) is 0 Å². The molecule has 1 rings (SSSR count). The van der Waals surface area contributed by atoms with Crippen molar-refractivity contribution in [2.45, 2.75) is 19.8 Å². The molecule has 0 fully saturated rings. The van der Waals surface area contributed by atoms with Gasteiger partial charge in [0.1, 0.15) is 0 Å². The van der Waals surface area contributed by atoms with Gasteiger partial charge in [0.15, 0.2) is 0 Å². The fourth-order valence-corrected chi connectivity index (χ4v) is 1.90. The molecule has 1 aromatic rings. The molecule has 0 aromatic carbocycles. The lowest BCUT2D eigenvalue weighted by Gasteiger charge is -1.93. The van der Waals surface area contributed by atoms with Gasteiger partial charge in [-0.05, 0) is 25.0 Å². The van der Waals surface area contributed by atoms with Crippen molar-refractivity contribution in [2.24, 2.45) is 5.84 Å². The van der Waals surface area contributed by atoms with E-state index in [0.29, 0.717) is 0 Å². The van der Waals surface area contributed by atoms with Gasteiger partial charge in [-0.25, -0.2) is 0 Å². The van der Waals surface area contributed by atoms with Gasteiger partial charge in [-0.1, -0.05) is 6.92 Å². The van der Waals surface area contributed by atoms with Crippen molar-refractivity contribution < 1.29 is 0 Å². The van der Waals surface area contributed by atoms with Gasteiger partial charge in [-0.2, -0.15) is 0 Å². The predicted molar refractivity (Wildman–Crippen MR) is 49.6 cm³/mol. The first-order valence-corrected chi connectivity index (χ1v) is 4.69. The van der Waals surface area contributed by atoms with Gasteiger partial charge in [0.05, 0.1) is 0 Å². The molecule has 0 spiro atoms. The maximum Gasteiger partial charge on any atom is 0.0146 e. The molecular weight excluding hydrogens is 156 g/mol. The molecule has 2 nitrogen and oxygen atoms in total. The van der Waals surface area contributed by atoms with Crippen LogP contribution in [-0.4, -0.2) is 6.54 Å². The molecule has 1 heterocycles. The van der Waals surface area contributed by atoms with Gasteiger partial charge >= 0.3 is 0 Å². The van der Waals surface area contributed by atoms with E-state index in [0.717, 1.165) is 19.4 Å². The summed E-state index contributed by atoms with van der Waals surface area (Å²) in [6.45, 7) is 3.04. The molecule has 11 heavy (non-hydrogen) atoms. The minimum absolute atomic E-state index is 0.865. The van der Waals surface area contributed by atoms with Gasteiger partial charge in [0, 0.05) is 16.3 Å². The zero-order valence-corrected chi connectivity index (χ0v) is 7.58. The molecule has 0 aliphatic carbocycles. The van der Waals surface area contributed by atoms with Crippen molar-refractivity contribution in [3.8, 4) is 0 Å². The molecule has 0 saturated carbocycles. The zero-order valence-electron chi connectivity index (χ0n) is 6.76. The number of aryl methyl sites for hydroxylation is 1. The van der Waals surface area contributed by atoms with Crippen molar-refractivity contribution in [3.63, 3.8) is 0 Å². The zero-order chi connectivity index (χ0) is 8.10. The van der Waals surface area contributed by atoms with Crippen LogP contribution in [0.25, 0.3) is 0 Å². The fraction of sp³-hybridized carbons (Fsp3) is 0.500. The molecule has 0 atom stereocenters. The molecule has 3 N–H and O–H groups in total. The standard InChI is InChI=1S/C8H14N2S/c1-2-7-3-4-8(11-7)5-6-10-9/h3-4,10H,2,5-6,9H2,1H3. The van der Waals surface area contributed by atoms with Crippen molar-refractivity contribution >= 4 is 11.3 Å². The van der Waals surface area contributed by atoms with E-state index in [1.807, 2.05) is 11.3 Å². The Morgan fingerprint density at radius 1 is 1.45 bits per heavy atom. The van der Waals surface area contributed by atoms with Crippen LogP contribution < -0.4 is 11.3 Å². The number of rotatable bonds is 4. The van der Waals surface area contributed by atoms with E-state index in [1.54, 1.807) is 0 Å². The second-order valence-electron chi connectivity index (χ2n) is 2.43. The highest BCUT2D eigenvalue weighted by Crippen LogP contribution is 2.16. The summed E-state index contributed by atoms with van der Waals surface area (Å²) in [5.41, 5.74) is 2.65. The molecule has 0 amide bonds. The van der Waals surface area contributed by atoms with Gasteiger partial charge in [0.2, 0.25) is 0 Å². The summed E-state index contributed by atoms with van der Waals surface area (Å²) in [5.74, 6) is 5.17. The maximum atomic E-state index is 5.17. The first kappa shape index (κ1) is 8.71. The molecular formula is C8H14N2S. The van der Waals surface area contributed by atoms with Gasteiger partial charge in [-0.3, -0.25) is 11.3 Å². The average molecular weight is 170 g/mol. The molecule has 0 radical (unpaired) electrons. The molecule has 0 unspecified atom stereocenters. The number of nitrogens with two attached hydrogens (primary N) is 1. The molecule has 0 saturated heterocycles. The van der Waals surface area contributed by atoms with E-state index >= 15 is 0 Å². The summed E-state index contributed by atoms with van der Waals surface area (Å²) >= 11 is 1.88. The summed E-state index contributed by atoms with van der Waals surface area (Å²) in [7, 11) is 0. The molecule has 62 valence electrons. The number of hydrazine groups is 1. The summed E-state index contributed by atoms with van der Waals surface area (Å²) in [5, 5.41) is 0. The quantitative estimate of drug-likeness (QED) is 0.528. The molecule has 1 aromatic heterocycles. The van der Waals surface area contributed by atoms with Crippen LogP contribution in [0.1, 0.15) is 16.7 Å². The fourth-order valence-electron chi connectivity index (χ4n) is 0.942. The van der Waals surface area contributed by atoms with Crippen LogP contribution in [0.5, 0.6) is 0 Å². The lowest BCUT2D eigenvalue weighted by Crippen LogP contribution is -2.24. The van der Waals surface area contributed by atoms with Crippen LogP contribution >= 0.6 is 11.3 Å². The van der Waals surface area contributed by atoms with Gasteiger partial charge in [0.25, 0.3) is 0 Å². The highest BCUT2D eigenvalue weighted by atomic mass is 32.1. The summed E-state index contributed by atoms with van der Waals surface area (Å²) in [6, 6.07) is 4.37. The van der Waals surface area contributed by atoms with Crippen molar-refractivity contribution in [2.75, 3.05) is 6.54 Å². The van der Waals surface area contributed by atoms with E-state index in [-0.39, 0.29) is 0 Å². The SMILES string of the molecule is CCc1ccc(CCNN)s1. The van der Waals surface area contributed by atoms with Crippen LogP contribution in [0.3, 0.4) is 0 Å². The Hall–Kier alpha value is -0.380. The average Bonchev–Trinajstić information content (AvgIpc) is 2.48. The Kier molecular flexibility index (Phi) is 3.56. The van der Waals surface area contributed by atoms with Crippen molar-refractivity contribution in [1.82, 2.24) is 5.43 Å². The third-order valence-corrected chi connectivity index (χ3v) is 2.87. The van der Waals surface area contributed by atoms with E-state index in [1.165, 1.54) is 9.75 Å². The van der Waals surface area contributed by atoms with E-state index < -0.39 is 0 Å².